The zero-order valence-electron chi connectivity index (χ0n) is 17.1. The van der Waals surface area contributed by atoms with Crippen molar-refractivity contribution >= 4 is 28.8 Å². The van der Waals surface area contributed by atoms with Gasteiger partial charge in [0.1, 0.15) is 11.3 Å². The quantitative estimate of drug-likeness (QED) is 0.483. The summed E-state index contributed by atoms with van der Waals surface area (Å²) in [5, 5.41) is 2.87. The highest BCUT2D eigenvalue weighted by molar-refractivity contribution is 6.28. The van der Waals surface area contributed by atoms with E-state index in [0.717, 1.165) is 5.56 Å². The summed E-state index contributed by atoms with van der Waals surface area (Å²) < 4.78 is 1.77. The Balaban J connectivity index is 1.52. The molecular weight excluding hydrogens is 390 g/mol. The average molecular weight is 409 g/mol. The molecule has 0 radical (unpaired) electrons. The van der Waals surface area contributed by atoms with Gasteiger partial charge in [0, 0.05) is 34.1 Å². The van der Waals surface area contributed by atoms with Gasteiger partial charge in [0.25, 0.3) is 5.91 Å². The Hall–Kier alpha value is -4.06. The van der Waals surface area contributed by atoms with Gasteiger partial charge in [-0.2, -0.15) is 0 Å². The molecule has 1 aliphatic rings. The lowest BCUT2D eigenvalue weighted by Crippen LogP contribution is -2.22. The van der Waals surface area contributed by atoms with Gasteiger partial charge in [-0.25, -0.2) is 4.98 Å². The van der Waals surface area contributed by atoms with Crippen molar-refractivity contribution in [3.8, 4) is 0 Å². The first-order valence-corrected chi connectivity index (χ1v) is 10.1. The standard InChI is InChI=1S/C25H19N3O3/c1-3-20-22(28-11-10-14(2)12-21(28)27-20)25(31)26-15-8-9-18-19(13-15)24(30)17-7-5-4-6-16(17)23(18)29/h4-13H,3H2,1-2H3,(H,26,31). The predicted molar refractivity (Wildman–Crippen MR) is 117 cm³/mol. The van der Waals surface area contributed by atoms with E-state index in [0.29, 0.717) is 51.4 Å². The highest BCUT2D eigenvalue weighted by Gasteiger charge is 2.29. The third-order valence-electron chi connectivity index (χ3n) is 5.59. The van der Waals surface area contributed by atoms with Gasteiger partial charge < -0.3 is 5.32 Å². The van der Waals surface area contributed by atoms with Crippen LogP contribution in [-0.4, -0.2) is 26.9 Å². The number of benzene rings is 2. The molecule has 0 fully saturated rings. The Morgan fingerprint density at radius 3 is 2.32 bits per heavy atom. The number of hydrogen-bond donors (Lipinski definition) is 1. The van der Waals surface area contributed by atoms with Crippen molar-refractivity contribution in [3.63, 3.8) is 0 Å². The third-order valence-corrected chi connectivity index (χ3v) is 5.59. The van der Waals surface area contributed by atoms with Crippen LogP contribution in [-0.2, 0) is 6.42 Å². The lowest BCUT2D eigenvalue weighted by atomic mass is 9.84. The van der Waals surface area contributed by atoms with Gasteiger partial charge in [0.15, 0.2) is 11.6 Å². The molecule has 152 valence electrons. The first kappa shape index (κ1) is 18.9. The normalized spacial score (nSPS) is 12.6. The molecule has 0 atom stereocenters. The number of aryl methyl sites for hydroxylation is 2. The molecule has 6 heteroatoms. The number of nitrogens with zero attached hydrogens (tertiary/aromatic N) is 2. The van der Waals surface area contributed by atoms with E-state index in [2.05, 4.69) is 10.3 Å². The molecule has 31 heavy (non-hydrogen) atoms. The number of aromatic nitrogens is 2. The van der Waals surface area contributed by atoms with Gasteiger partial charge in [-0.1, -0.05) is 31.2 Å². The summed E-state index contributed by atoms with van der Waals surface area (Å²) in [5.41, 5.74) is 4.82. The molecule has 0 bridgehead atoms. The van der Waals surface area contributed by atoms with Crippen molar-refractivity contribution < 1.29 is 14.4 Å². The fourth-order valence-corrected chi connectivity index (χ4v) is 4.05. The highest BCUT2D eigenvalue weighted by atomic mass is 16.2. The number of carbonyl (C=O) groups excluding carboxylic acids is 3. The molecule has 5 rings (SSSR count). The molecule has 2 aromatic carbocycles. The van der Waals surface area contributed by atoms with Crippen LogP contribution in [0.3, 0.4) is 0 Å². The van der Waals surface area contributed by atoms with Gasteiger partial charge in [-0.3, -0.25) is 18.8 Å². The van der Waals surface area contributed by atoms with E-state index in [1.165, 1.54) is 0 Å². The maximum atomic E-state index is 13.1. The monoisotopic (exact) mass is 409 g/mol. The van der Waals surface area contributed by atoms with Gasteiger partial charge in [0.05, 0.1) is 5.69 Å². The van der Waals surface area contributed by atoms with E-state index in [1.807, 2.05) is 32.2 Å². The van der Waals surface area contributed by atoms with E-state index >= 15 is 0 Å². The Morgan fingerprint density at radius 1 is 0.935 bits per heavy atom. The Labute approximate surface area is 178 Å². The number of nitrogens with one attached hydrogen (secondary N) is 1. The number of anilines is 1. The molecule has 0 saturated heterocycles. The zero-order valence-corrected chi connectivity index (χ0v) is 17.1. The minimum absolute atomic E-state index is 0.187. The number of fused-ring (bicyclic) bond motifs is 3. The first-order valence-electron chi connectivity index (χ1n) is 10.1. The van der Waals surface area contributed by atoms with E-state index < -0.39 is 0 Å². The number of amides is 1. The van der Waals surface area contributed by atoms with Crippen molar-refractivity contribution in [2.75, 3.05) is 5.32 Å². The van der Waals surface area contributed by atoms with Crippen LogP contribution in [0.5, 0.6) is 0 Å². The molecule has 1 amide bonds. The van der Waals surface area contributed by atoms with E-state index in [1.54, 1.807) is 46.9 Å². The topological polar surface area (TPSA) is 80.5 Å². The van der Waals surface area contributed by atoms with Crippen molar-refractivity contribution in [2.24, 2.45) is 0 Å². The summed E-state index contributed by atoms with van der Waals surface area (Å²) in [6.07, 6.45) is 2.44. The van der Waals surface area contributed by atoms with Gasteiger partial charge in [-0.15, -0.1) is 0 Å². The maximum Gasteiger partial charge on any atom is 0.274 e. The second-order valence-corrected chi connectivity index (χ2v) is 7.61. The van der Waals surface area contributed by atoms with Crippen molar-refractivity contribution in [1.29, 1.82) is 0 Å². The van der Waals surface area contributed by atoms with Crippen LogP contribution >= 0.6 is 0 Å². The summed E-state index contributed by atoms with van der Waals surface area (Å²) in [4.78, 5) is 43.4. The number of hydrogen-bond acceptors (Lipinski definition) is 4. The Bertz CT molecular complexity index is 1420. The van der Waals surface area contributed by atoms with Crippen LogP contribution in [0.15, 0.2) is 60.8 Å². The molecule has 1 N–H and O–H groups in total. The van der Waals surface area contributed by atoms with Gasteiger partial charge in [-0.05, 0) is 49.2 Å². The van der Waals surface area contributed by atoms with Crippen LogP contribution < -0.4 is 5.32 Å². The van der Waals surface area contributed by atoms with E-state index in [9.17, 15) is 14.4 Å². The molecule has 0 saturated carbocycles. The van der Waals surface area contributed by atoms with Crippen LogP contribution in [0.2, 0.25) is 0 Å². The van der Waals surface area contributed by atoms with Crippen LogP contribution in [0, 0.1) is 6.92 Å². The second-order valence-electron chi connectivity index (χ2n) is 7.61. The number of carbonyl (C=O) groups is 3. The Kier molecular flexibility index (Phi) is 4.29. The van der Waals surface area contributed by atoms with Crippen molar-refractivity contribution in [2.45, 2.75) is 20.3 Å². The molecule has 0 aliphatic heterocycles. The summed E-state index contributed by atoms with van der Waals surface area (Å²) in [6.45, 7) is 3.93. The molecule has 4 aromatic rings. The highest BCUT2D eigenvalue weighted by Crippen LogP contribution is 2.29. The summed E-state index contributed by atoms with van der Waals surface area (Å²) in [5.74, 6) is -0.725. The minimum Gasteiger partial charge on any atom is -0.321 e. The number of ketones is 2. The second kappa shape index (κ2) is 7.02. The molecule has 2 aromatic heterocycles. The fraction of sp³-hybridized carbons (Fsp3) is 0.120. The third kappa shape index (κ3) is 2.95. The molecule has 0 spiro atoms. The summed E-state index contributed by atoms with van der Waals surface area (Å²) >= 11 is 0. The van der Waals surface area contributed by atoms with Crippen molar-refractivity contribution in [1.82, 2.24) is 9.38 Å². The summed E-state index contributed by atoms with van der Waals surface area (Å²) in [6, 6.07) is 15.5. The van der Waals surface area contributed by atoms with E-state index in [4.69, 9.17) is 0 Å². The minimum atomic E-state index is -0.317. The average Bonchev–Trinajstić information content (AvgIpc) is 3.15. The number of imidazole rings is 1. The lowest BCUT2D eigenvalue weighted by Gasteiger charge is -2.18. The zero-order chi connectivity index (χ0) is 21.7. The molecule has 6 nitrogen and oxygen atoms in total. The Morgan fingerprint density at radius 2 is 1.61 bits per heavy atom. The van der Waals surface area contributed by atoms with Crippen LogP contribution in [0.25, 0.3) is 5.65 Å². The lowest BCUT2D eigenvalue weighted by molar-refractivity contribution is 0.0979. The van der Waals surface area contributed by atoms with Gasteiger partial charge in [0.2, 0.25) is 0 Å². The predicted octanol–water partition coefficient (Wildman–Crippen LogP) is 4.23. The maximum absolute atomic E-state index is 13.1. The number of rotatable bonds is 3. The molecule has 1 aliphatic carbocycles. The van der Waals surface area contributed by atoms with Gasteiger partial charge >= 0.3 is 0 Å². The smallest absolute Gasteiger partial charge is 0.274 e. The molecule has 0 unspecified atom stereocenters. The summed E-state index contributed by atoms with van der Waals surface area (Å²) in [7, 11) is 0. The first-order chi connectivity index (χ1) is 15.0. The molecule has 2 heterocycles. The van der Waals surface area contributed by atoms with E-state index in [-0.39, 0.29) is 17.5 Å². The SMILES string of the molecule is CCc1nc2cc(C)ccn2c1C(=O)Nc1ccc2c(c1)C(=O)c1ccccc1C2=O. The van der Waals surface area contributed by atoms with Crippen LogP contribution in [0.4, 0.5) is 5.69 Å². The fourth-order valence-electron chi connectivity index (χ4n) is 4.05. The largest absolute Gasteiger partial charge is 0.321 e. The van der Waals surface area contributed by atoms with Crippen LogP contribution in [0.1, 0.15) is 60.5 Å². The van der Waals surface area contributed by atoms with Crippen molar-refractivity contribution in [3.05, 3.63) is 100.0 Å². The number of pyridine rings is 1. The molecular formula is C25H19N3O3.